The summed E-state index contributed by atoms with van der Waals surface area (Å²) in [5.41, 5.74) is 7.02. The summed E-state index contributed by atoms with van der Waals surface area (Å²) in [6.45, 7) is 8.30. The number of carbonyl (C=O) groups is 1. The predicted octanol–water partition coefficient (Wildman–Crippen LogP) is 2.63. The molecule has 1 aliphatic rings. The highest BCUT2D eigenvalue weighted by Gasteiger charge is 2.28. The average molecular weight is 313 g/mol. The summed E-state index contributed by atoms with van der Waals surface area (Å²) in [5, 5.41) is 0. The third kappa shape index (κ3) is 3.89. The van der Waals surface area contributed by atoms with E-state index in [1.54, 1.807) is 6.07 Å². The fraction of sp³-hybridized carbons (Fsp3) is 0.562. The number of ether oxygens (including phenoxy) is 1. The molecule has 21 heavy (non-hydrogen) atoms. The van der Waals surface area contributed by atoms with Crippen LogP contribution in [0.4, 0.5) is 0 Å². The maximum absolute atomic E-state index is 11.6. The van der Waals surface area contributed by atoms with Gasteiger partial charge in [-0.2, -0.15) is 0 Å². The van der Waals surface area contributed by atoms with Crippen molar-refractivity contribution in [3.8, 4) is 5.75 Å². The van der Waals surface area contributed by atoms with Gasteiger partial charge in [-0.05, 0) is 45.4 Å². The molecule has 5 heteroatoms. The third-order valence-corrected chi connectivity index (χ3v) is 3.88. The van der Waals surface area contributed by atoms with Crippen LogP contribution in [0.5, 0.6) is 5.75 Å². The number of hydrogen-bond donors (Lipinski definition) is 1. The summed E-state index contributed by atoms with van der Waals surface area (Å²) >= 11 is 0. The molecule has 1 aromatic rings. The second-order valence-electron chi connectivity index (χ2n) is 5.65. The Balaban J connectivity index is 0.00000220. The molecule has 1 aromatic carbocycles. The normalized spacial score (nSPS) is 17.1. The second kappa shape index (κ2) is 7.66. The van der Waals surface area contributed by atoms with Gasteiger partial charge in [0.15, 0.2) is 0 Å². The van der Waals surface area contributed by atoms with Crippen LogP contribution in [0.25, 0.3) is 0 Å². The van der Waals surface area contributed by atoms with E-state index in [9.17, 15) is 4.79 Å². The fourth-order valence-corrected chi connectivity index (χ4v) is 2.96. The molecule has 2 rings (SSSR count). The third-order valence-electron chi connectivity index (χ3n) is 3.88. The van der Waals surface area contributed by atoms with Crippen LogP contribution in [0.1, 0.15) is 43.1 Å². The van der Waals surface area contributed by atoms with E-state index < -0.39 is 0 Å². The molecule has 2 N–H and O–H groups in total. The molecular weight excluding hydrogens is 288 g/mol. The first-order valence-corrected chi connectivity index (χ1v) is 7.34. The Morgan fingerprint density at radius 1 is 1.48 bits per heavy atom. The van der Waals surface area contributed by atoms with E-state index in [2.05, 4.69) is 25.7 Å². The van der Waals surface area contributed by atoms with Gasteiger partial charge >= 0.3 is 0 Å². The van der Waals surface area contributed by atoms with Gasteiger partial charge in [0.2, 0.25) is 5.91 Å². The predicted molar refractivity (Wildman–Crippen MR) is 87.3 cm³/mol. The minimum Gasteiger partial charge on any atom is -0.492 e. The monoisotopic (exact) mass is 312 g/mol. The molecule has 1 aliphatic heterocycles. The maximum atomic E-state index is 11.6. The van der Waals surface area contributed by atoms with Gasteiger partial charge in [0.1, 0.15) is 12.4 Å². The van der Waals surface area contributed by atoms with Crippen LogP contribution in [-0.4, -0.2) is 36.0 Å². The van der Waals surface area contributed by atoms with E-state index in [4.69, 9.17) is 10.5 Å². The van der Waals surface area contributed by atoms with Crippen LogP contribution in [0, 0.1) is 0 Å². The Morgan fingerprint density at radius 3 is 2.76 bits per heavy atom. The highest BCUT2D eigenvalue weighted by atomic mass is 35.5. The van der Waals surface area contributed by atoms with Gasteiger partial charge in [0.25, 0.3) is 0 Å². The van der Waals surface area contributed by atoms with E-state index in [0.29, 0.717) is 24.3 Å². The molecule has 0 fully saturated rings. The van der Waals surface area contributed by atoms with Crippen molar-refractivity contribution in [2.75, 3.05) is 13.2 Å². The van der Waals surface area contributed by atoms with Crippen molar-refractivity contribution in [3.63, 3.8) is 0 Å². The van der Waals surface area contributed by atoms with Gasteiger partial charge in [-0.25, -0.2) is 0 Å². The first-order chi connectivity index (χ1) is 9.54. The molecule has 118 valence electrons. The minimum atomic E-state index is -0.377. The number of carbonyl (C=O) groups excluding carboxylic acids is 1. The lowest BCUT2D eigenvalue weighted by Gasteiger charge is -2.38. The maximum Gasteiger partial charge on any atom is 0.249 e. The molecule has 0 radical (unpaired) electrons. The van der Waals surface area contributed by atoms with Crippen molar-refractivity contribution in [3.05, 3.63) is 29.3 Å². The van der Waals surface area contributed by atoms with Gasteiger partial charge in [0, 0.05) is 23.2 Å². The smallest absolute Gasteiger partial charge is 0.249 e. The largest absolute Gasteiger partial charge is 0.492 e. The summed E-state index contributed by atoms with van der Waals surface area (Å²) in [4.78, 5) is 14.0. The van der Waals surface area contributed by atoms with Crippen LogP contribution in [0.15, 0.2) is 18.2 Å². The Bertz CT molecular complexity index is 491. The number of halogens is 1. The van der Waals surface area contributed by atoms with E-state index in [-0.39, 0.29) is 18.3 Å². The lowest BCUT2D eigenvalue weighted by atomic mass is 9.95. The number of amides is 1. The summed E-state index contributed by atoms with van der Waals surface area (Å²) in [6.07, 6.45) is 1.94. The first-order valence-electron chi connectivity index (χ1n) is 7.34. The topological polar surface area (TPSA) is 55.6 Å². The van der Waals surface area contributed by atoms with E-state index in [0.717, 1.165) is 30.7 Å². The average Bonchev–Trinajstić information content (AvgIpc) is 2.43. The fourth-order valence-electron chi connectivity index (χ4n) is 2.96. The van der Waals surface area contributed by atoms with Gasteiger partial charge in [-0.3, -0.25) is 9.69 Å². The summed E-state index contributed by atoms with van der Waals surface area (Å²) in [6, 6.07) is 6.30. The van der Waals surface area contributed by atoms with E-state index in [1.807, 2.05) is 12.1 Å². The molecule has 0 bridgehead atoms. The molecular formula is C16H25ClN2O2. The molecule has 4 nitrogen and oxygen atoms in total. The Labute approximate surface area is 133 Å². The van der Waals surface area contributed by atoms with Gasteiger partial charge in [0.05, 0.1) is 0 Å². The molecule has 1 unspecified atom stereocenters. The number of fused-ring (bicyclic) bond motifs is 1. The highest BCUT2D eigenvalue weighted by Crippen LogP contribution is 2.30. The Kier molecular flexibility index (Phi) is 6.49. The van der Waals surface area contributed by atoms with Crippen molar-refractivity contribution < 1.29 is 9.53 Å². The quantitative estimate of drug-likeness (QED) is 0.909. The van der Waals surface area contributed by atoms with Gasteiger partial charge in [-0.1, -0.05) is 13.0 Å². The Morgan fingerprint density at radius 2 is 2.19 bits per heavy atom. The van der Waals surface area contributed by atoms with Gasteiger partial charge in [-0.15, -0.1) is 12.4 Å². The van der Waals surface area contributed by atoms with Crippen LogP contribution in [0.2, 0.25) is 0 Å². The zero-order chi connectivity index (χ0) is 14.7. The summed E-state index contributed by atoms with van der Waals surface area (Å²) in [7, 11) is 0. The molecule has 0 saturated heterocycles. The molecule has 0 aromatic heterocycles. The van der Waals surface area contributed by atoms with Crippen LogP contribution in [-0.2, 0) is 6.42 Å². The number of primary amides is 1. The number of rotatable bonds is 5. The molecule has 1 amide bonds. The SMILES string of the molecule is CCCN(C(C)C)C1COc2cccc(C(N)=O)c2C1.Cl. The lowest BCUT2D eigenvalue weighted by Crippen LogP contribution is -2.47. The highest BCUT2D eigenvalue weighted by molar-refractivity contribution is 5.95. The minimum absolute atomic E-state index is 0. The van der Waals surface area contributed by atoms with Crippen LogP contribution in [0.3, 0.4) is 0 Å². The summed E-state index contributed by atoms with van der Waals surface area (Å²) in [5.74, 6) is 0.426. The van der Waals surface area contributed by atoms with Crippen molar-refractivity contribution in [1.29, 1.82) is 0 Å². The standard InChI is InChI=1S/C16H24N2O2.ClH/c1-4-8-18(11(2)3)12-9-14-13(16(17)19)6-5-7-15(14)20-10-12;/h5-7,11-12H,4,8-10H2,1-3H3,(H2,17,19);1H. The number of benzene rings is 1. The van der Waals surface area contributed by atoms with Crippen molar-refractivity contribution >= 4 is 18.3 Å². The van der Waals surface area contributed by atoms with Crippen molar-refractivity contribution in [2.24, 2.45) is 5.73 Å². The molecule has 1 heterocycles. The van der Waals surface area contributed by atoms with Crippen LogP contribution >= 0.6 is 12.4 Å². The number of nitrogens with zero attached hydrogens (tertiary/aromatic N) is 1. The number of hydrogen-bond acceptors (Lipinski definition) is 3. The second-order valence-corrected chi connectivity index (χ2v) is 5.65. The molecule has 0 saturated carbocycles. The first kappa shape index (κ1) is 17.8. The van der Waals surface area contributed by atoms with Crippen molar-refractivity contribution in [1.82, 2.24) is 4.90 Å². The molecule has 1 atom stereocenters. The lowest BCUT2D eigenvalue weighted by molar-refractivity contribution is 0.0905. The summed E-state index contributed by atoms with van der Waals surface area (Å²) < 4.78 is 5.85. The molecule has 0 spiro atoms. The molecule has 0 aliphatic carbocycles. The van der Waals surface area contributed by atoms with Crippen LogP contribution < -0.4 is 10.5 Å². The Hall–Kier alpha value is -1.26. The zero-order valence-corrected chi connectivity index (χ0v) is 13.8. The van der Waals surface area contributed by atoms with Gasteiger partial charge < -0.3 is 10.5 Å². The number of nitrogens with two attached hydrogens (primary N) is 1. The van der Waals surface area contributed by atoms with E-state index in [1.165, 1.54) is 0 Å². The zero-order valence-electron chi connectivity index (χ0n) is 13.0. The van der Waals surface area contributed by atoms with E-state index >= 15 is 0 Å². The van der Waals surface area contributed by atoms with Crippen molar-refractivity contribution in [2.45, 2.75) is 45.7 Å².